The van der Waals surface area contributed by atoms with Crippen molar-refractivity contribution in [2.45, 2.75) is 23.6 Å². The second kappa shape index (κ2) is 6.61. The lowest BCUT2D eigenvalue weighted by Crippen LogP contribution is -2.22. The van der Waals surface area contributed by atoms with Gasteiger partial charge in [-0.2, -0.15) is 0 Å². The molecule has 0 radical (unpaired) electrons. The van der Waals surface area contributed by atoms with Gasteiger partial charge in [-0.3, -0.25) is 4.79 Å². The predicted molar refractivity (Wildman–Crippen MR) is 105 cm³/mol. The molecule has 0 fully saturated rings. The minimum absolute atomic E-state index is 0.155. The van der Waals surface area contributed by atoms with Crippen molar-refractivity contribution in [3.8, 4) is 11.5 Å². The third-order valence-electron chi connectivity index (χ3n) is 4.54. The average Bonchev–Trinajstić information content (AvgIpc) is 3.01. The highest BCUT2D eigenvalue weighted by atomic mass is 32.2. The number of para-hydroxylation sites is 1. The van der Waals surface area contributed by atoms with Crippen LogP contribution in [0, 0.1) is 0 Å². The molecule has 0 saturated heterocycles. The van der Waals surface area contributed by atoms with Gasteiger partial charge in [0.25, 0.3) is 5.91 Å². The van der Waals surface area contributed by atoms with E-state index in [2.05, 4.69) is 28.9 Å². The summed E-state index contributed by atoms with van der Waals surface area (Å²) < 4.78 is 12.7. The topological polar surface area (TPSA) is 52.5 Å². The Morgan fingerprint density at radius 3 is 2.81 bits per heavy atom. The van der Waals surface area contributed by atoms with E-state index in [0.29, 0.717) is 28.1 Å². The summed E-state index contributed by atoms with van der Waals surface area (Å²) in [4.78, 5) is 14.3. The van der Waals surface area contributed by atoms with E-state index in [0.717, 1.165) is 17.4 Å². The van der Waals surface area contributed by atoms with Gasteiger partial charge in [-0.25, -0.2) is 0 Å². The maximum atomic E-state index is 13.0. The van der Waals surface area contributed by atoms with Crippen molar-refractivity contribution in [1.82, 2.24) is 4.57 Å². The Bertz CT molecular complexity index is 996. The molecule has 2 heterocycles. The van der Waals surface area contributed by atoms with Crippen LogP contribution in [0.5, 0.6) is 11.5 Å². The quantitative estimate of drug-likeness (QED) is 0.741. The first-order valence-corrected chi connectivity index (χ1v) is 9.31. The molecule has 3 aromatic rings. The van der Waals surface area contributed by atoms with E-state index in [-0.39, 0.29) is 5.91 Å². The van der Waals surface area contributed by atoms with Crippen molar-refractivity contribution in [3.05, 3.63) is 48.2 Å². The van der Waals surface area contributed by atoms with Crippen LogP contribution in [-0.4, -0.2) is 29.9 Å². The van der Waals surface area contributed by atoms with Crippen LogP contribution >= 0.6 is 11.8 Å². The Morgan fingerprint density at radius 1 is 1.19 bits per heavy atom. The first-order valence-electron chi connectivity index (χ1n) is 8.43. The molecule has 1 aliphatic rings. The van der Waals surface area contributed by atoms with Gasteiger partial charge in [0.2, 0.25) is 0 Å². The van der Waals surface area contributed by atoms with E-state index in [9.17, 15) is 4.79 Å². The zero-order valence-corrected chi connectivity index (χ0v) is 15.7. The van der Waals surface area contributed by atoms with Crippen molar-refractivity contribution in [3.63, 3.8) is 0 Å². The van der Waals surface area contributed by atoms with Gasteiger partial charge in [-0.05, 0) is 24.3 Å². The van der Waals surface area contributed by atoms with Gasteiger partial charge in [-0.1, -0.05) is 19.1 Å². The normalized spacial score (nSPS) is 15.7. The lowest BCUT2D eigenvalue weighted by molar-refractivity contribution is 0.101. The van der Waals surface area contributed by atoms with Crippen molar-refractivity contribution >= 4 is 34.3 Å². The third kappa shape index (κ3) is 2.80. The molecular formula is C20H20N2O3S. The standard InChI is InChI=1S/C20H20N2O3S/c1-12-11-22-16(9-13-5-4-6-18(26-12)19(13)22)20(23)21-15-10-14(24-2)7-8-17(15)25-3/h4-10,12H,11H2,1-3H3,(H,21,23)/t12-/m0/s1. The number of ether oxygens (including phenoxy) is 2. The van der Waals surface area contributed by atoms with Crippen LogP contribution in [0.3, 0.4) is 0 Å². The predicted octanol–water partition coefficient (Wildman–Crippen LogP) is 4.41. The molecule has 134 valence electrons. The van der Waals surface area contributed by atoms with Gasteiger partial charge in [-0.15, -0.1) is 11.8 Å². The van der Waals surface area contributed by atoms with E-state index in [1.807, 2.05) is 23.9 Å². The van der Waals surface area contributed by atoms with Gasteiger partial charge in [0.05, 0.1) is 25.4 Å². The molecule has 1 atom stereocenters. The second-order valence-electron chi connectivity index (χ2n) is 6.28. The summed E-state index contributed by atoms with van der Waals surface area (Å²) in [5.41, 5.74) is 2.39. The van der Waals surface area contributed by atoms with Crippen molar-refractivity contribution < 1.29 is 14.3 Å². The number of anilines is 1. The van der Waals surface area contributed by atoms with Crippen LogP contribution in [0.4, 0.5) is 5.69 Å². The number of thioether (sulfide) groups is 1. The van der Waals surface area contributed by atoms with E-state index in [1.165, 1.54) is 4.90 Å². The Balaban J connectivity index is 1.75. The average molecular weight is 368 g/mol. The molecule has 1 aliphatic heterocycles. The summed E-state index contributed by atoms with van der Waals surface area (Å²) in [7, 11) is 3.18. The van der Waals surface area contributed by atoms with Crippen LogP contribution in [0.2, 0.25) is 0 Å². The number of benzene rings is 2. The highest BCUT2D eigenvalue weighted by Crippen LogP contribution is 2.38. The van der Waals surface area contributed by atoms with Crippen molar-refractivity contribution in [1.29, 1.82) is 0 Å². The molecule has 1 amide bonds. The first-order chi connectivity index (χ1) is 12.6. The third-order valence-corrected chi connectivity index (χ3v) is 5.67. The highest BCUT2D eigenvalue weighted by Gasteiger charge is 2.24. The van der Waals surface area contributed by atoms with Crippen LogP contribution in [-0.2, 0) is 6.54 Å². The summed E-state index contributed by atoms with van der Waals surface area (Å²) in [6, 6.07) is 13.5. The number of carbonyl (C=O) groups is 1. The molecule has 0 bridgehead atoms. The summed E-state index contributed by atoms with van der Waals surface area (Å²) in [6.45, 7) is 2.99. The van der Waals surface area contributed by atoms with Crippen LogP contribution in [0.1, 0.15) is 17.4 Å². The van der Waals surface area contributed by atoms with Crippen molar-refractivity contribution in [2.24, 2.45) is 0 Å². The molecule has 0 spiro atoms. The van der Waals surface area contributed by atoms with E-state index in [4.69, 9.17) is 9.47 Å². The molecule has 6 heteroatoms. The molecule has 0 saturated carbocycles. The Kier molecular flexibility index (Phi) is 4.28. The number of hydrogen-bond acceptors (Lipinski definition) is 4. The molecule has 4 rings (SSSR count). The zero-order valence-electron chi connectivity index (χ0n) is 14.9. The van der Waals surface area contributed by atoms with Gasteiger partial charge in [0, 0.05) is 28.1 Å². The van der Waals surface area contributed by atoms with Gasteiger partial charge >= 0.3 is 0 Å². The molecule has 5 nitrogen and oxygen atoms in total. The Labute approximate surface area is 156 Å². The molecule has 1 aromatic heterocycles. The number of carbonyl (C=O) groups excluding carboxylic acids is 1. The van der Waals surface area contributed by atoms with Crippen LogP contribution in [0.25, 0.3) is 10.9 Å². The largest absolute Gasteiger partial charge is 0.497 e. The van der Waals surface area contributed by atoms with Crippen LogP contribution in [0.15, 0.2) is 47.4 Å². The Morgan fingerprint density at radius 2 is 2.04 bits per heavy atom. The number of aromatic nitrogens is 1. The fourth-order valence-corrected chi connectivity index (χ4v) is 4.53. The molecule has 1 N–H and O–H groups in total. The first kappa shape index (κ1) is 16.8. The molecular weight excluding hydrogens is 348 g/mol. The fraction of sp³-hybridized carbons (Fsp3) is 0.250. The van der Waals surface area contributed by atoms with Gasteiger partial charge < -0.3 is 19.4 Å². The fourth-order valence-electron chi connectivity index (χ4n) is 3.37. The van der Waals surface area contributed by atoms with Gasteiger partial charge in [0.1, 0.15) is 17.2 Å². The van der Waals surface area contributed by atoms with Crippen LogP contribution < -0.4 is 14.8 Å². The maximum absolute atomic E-state index is 13.0. The number of hydrogen-bond donors (Lipinski definition) is 1. The summed E-state index contributed by atoms with van der Waals surface area (Å²) >= 11 is 1.86. The second-order valence-corrected chi connectivity index (χ2v) is 7.76. The summed E-state index contributed by atoms with van der Waals surface area (Å²) in [5.74, 6) is 1.10. The molecule has 26 heavy (non-hydrogen) atoms. The SMILES string of the molecule is COc1ccc(OC)c(NC(=O)c2cc3cccc4c3n2C[C@H](C)S4)c1. The Hall–Kier alpha value is -2.60. The summed E-state index contributed by atoms with van der Waals surface area (Å²) in [6.07, 6.45) is 0. The number of amides is 1. The number of rotatable bonds is 4. The van der Waals surface area contributed by atoms with E-state index >= 15 is 0 Å². The number of methoxy groups -OCH3 is 2. The number of nitrogens with zero attached hydrogens (tertiary/aromatic N) is 1. The highest BCUT2D eigenvalue weighted by molar-refractivity contribution is 8.00. The van der Waals surface area contributed by atoms with E-state index in [1.54, 1.807) is 32.4 Å². The maximum Gasteiger partial charge on any atom is 0.272 e. The summed E-state index contributed by atoms with van der Waals surface area (Å²) in [5, 5.41) is 4.48. The lowest BCUT2D eigenvalue weighted by Gasteiger charge is -2.22. The van der Waals surface area contributed by atoms with E-state index < -0.39 is 0 Å². The smallest absolute Gasteiger partial charge is 0.272 e. The van der Waals surface area contributed by atoms with Gasteiger partial charge in [0.15, 0.2) is 0 Å². The molecule has 0 unspecified atom stereocenters. The lowest BCUT2D eigenvalue weighted by atomic mass is 10.2. The molecule has 0 aliphatic carbocycles. The minimum atomic E-state index is -0.155. The monoisotopic (exact) mass is 368 g/mol. The zero-order chi connectivity index (χ0) is 18.3. The number of nitrogens with one attached hydrogen (secondary N) is 1. The minimum Gasteiger partial charge on any atom is -0.497 e. The molecule has 2 aromatic carbocycles. The van der Waals surface area contributed by atoms with Crippen molar-refractivity contribution in [2.75, 3.05) is 19.5 Å².